The molecule has 0 aromatic carbocycles. The van der Waals surface area contributed by atoms with Crippen molar-refractivity contribution in [3.63, 3.8) is 0 Å². The number of rotatable bonds is 1. The van der Waals surface area contributed by atoms with Crippen molar-refractivity contribution in [1.82, 2.24) is 0 Å². The van der Waals surface area contributed by atoms with Gasteiger partial charge in [-0.1, -0.05) is 52.9 Å². The van der Waals surface area contributed by atoms with Gasteiger partial charge in [0.25, 0.3) is 0 Å². The molecule has 0 unspecified atom stereocenters. The number of hydrogen-bond acceptors (Lipinski definition) is 0. The van der Waals surface area contributed by atoms with Crippen molar-refractivity contribution in [2.45, 2.75) is 63.7 Å². The first-order chi connectivity index (χ1) is 5.08. The Morgan fingerprint density at radius 2 is 1.50 bits per heavy atom. The first-order valence-corrected chi connectivity index (χ1v) is 5.76. The summed E-state index contributed by atoms with van der Waals surface area (Å²) in [5, 5.41) is 0.530. The molecule has 0 bridgehead atoms. The Kier molecular flexibility index (Phi) is 6.18. The van der Waals surface area contributed by atoms with Crippen LogP contribution in [0.4, 0.5) is 0 Å². The van der Waals surface area contributed by atoms with Crippen LogP contribution < -0.4 is 18.9 Å². The zero-order valence-corrected chi connectivity index (χ0v) is 9.95. The Balaban J connectivity index is 0.00000121. The van der Waals surface area contributed by atoms with E-state index in [0.29, 0.717) is 5.16 Å². The van der Waals surface area contributed by atoms with E-state index < -0.39 is 0 Å². The van der Waals surface area contributed by atoms with Crippen LogP contribution in [0.3, 0.4) is 0 Å². The zero-order chi connectivity index (χ0) is 8.32. The third-order valence-electron chi connectivity index (χ3n) is 2.14. The van der Waals surface area contributed by atoms with Crippen molar-refractivity contribution in [3.8, 4) is 0 Å². The van der Waals surface area contributed by atoms with Gasteiger partial charge in [-0.05, 0) is 0 Å². The van der Waals surface area contributed by atoms with Crippen LogP contribution in [0.25, 0.3) is 0 Å². The van der Waals surface area contributed by atoms with Gasteiger partial charge in [0.2, 0.25) is 0 Å². The van der Waals surface area contributed by atoms with Crippen LogP contribution in [-0.2, 0) is 0 Å². The molecule has 0 aromatic heterocycles. The van der Waals surface area contributed by atoms with Crippen LogP contribution in [-0.4, -0.2) is 10.8 Å². The molecule has 0 saturated heterocycles. The summed E-state index contributed by atoms with van der Waals surface area (Å²) in [6.45, 7) is 7.05. The van der Waals surface area contributed by atoms with Gasteiger partial charge in [-0.2, -0.15) is 10.8 Å². The zero-order valence-electron chi connectivity index (χ0n) is 9.06. The summed E-state index contributed by atoms with van der Waals surface area (Å²) in [5.74, 6) is 0. The first kappa shape index (κ1) is 13.0. The summed E-state index contributed by atoms with van der Waals surface area (Å²) in [6.07, 6.45) is 7.41. The molecule has 1 aliphatic carbocycles. The molecule has 1 rings (SSSR count). The number of hydrogen-bond donors (Lipinski definition) is 0. The van der Waals surface area contributed by atoms with E-state index in [-0.39, 0.29) is 18.9 Å². The van der Waals surface area contributed by atoms with E-state index in [2.05, 4.69) is 20.8 Å². The van der Waals surface area contributed by atoms with Crippen molar-refractivity contribution in [2.75, 3.05) is 0 Å². The summed E-state index contributed by atoms with van der Waals surface area (Å²) in [7, 11) is 1.68. The van der Waals surface area contributed by atoms with E-state index in [4.69, 9.17) is 0 Å². The molecule has 0 N–H and O–H groups in total. The Hall–Kier alpha value is 1.03. The minimum atomic E-state index is 0. The Morgan fingerprint density at radius 3 is 1.92 bits per heavy atom. The fourth-order valence-corrected chi connectivity index (χ4v) is 3.48. The molecule has 0 atom stereocenters. The van der Waals surface area contributed by atoms with Crippen molar-refractivity contribution in [1.29, 1.82) is 0 Å². The van der Waals surface area contributed by atoms with Crippen LogP contribution in [0.15, 0.2) is 0 Å². The predicted octanol–water partition coefficient (Wildman–Crippen LogP) is 1.07. The molecule has 66 valence electrons. The molecule has 0 aromatic rings. The normalized spacial score (nSPS) is 21.2. The molecule has 0 radical (unpaired) electrons. The van der Waals surface area contributed by atoms with Gasteiger partial charge < -0.3 is 8.58 Å². The first-order valence-electron chi connectivity index (χ1n) is 4.80. The van der Waals surface area contributed by atoms with Gasteiger partial charge in [-0.15, -0.1) is 0 Å². The fourth-order valence-electron chi connectivity index (χ4n) is 1.76. The van der Waals surface area contributed by atoms with Gasteiger partial charge in [0.15, 0.2) is 0 Å². The van der Waals surface area contributed by atoms with Crippen molar-refractivity contribution >= 4 is 8.58 Å². The van der Waals surface area contributed by atoms with E-state index in [1.54, 1.807) is 8.58 Å². The second-order valence-electron chi connectivity index (χ2n) is 4.59. The quantitative estimate of drug-likeness (QED) is 0.416. The smallest absolute Gasteiger partial charge is 0.530 e. The third-order valence-corrected chi connectivity index (χ3v) is 3.80. The van der Waals surface area contributed by atoms with Gasteiger partial charge in [0.1, 0.15) is 0 Å². The van der Waals surface area contributed by atoms with Gasteiger partial charge >= 0.3 is 18.9 Å². The molecule has 12 heavy (non-hydrogen) atoms. The molecule has 0 nitrogen and oxygen atoms in total. The van der Waals surface area contributed by atoms with Crippen LogP contribution in [0, 0.1) is 0 Å². The molecule has 1 aliphatic rings. The third kappa shape index (κ3) is 5.64. The van der Waals surface area contributed by atoms with Crippen molar-refractivity contribution < 1.29 is 18.9 Å². The Morgan fingerprint density at radius 1 is 1.00 bits per heavy atom. The molecule has 1 saturated carbocycles. The summed E-state index contributed by atoms with van der Waals surface area (Å²) < 4.78 is 0. The maximum absolute atomic E-state index is 2.35. The molecular weight excluding hydrogens is 158 g/mol. The van der Waals surface area contributed by atoms with Gasteiger partial charge in [-0.25, -0.2) is 0 Å². The van der Waals surface area contributed by atoms with Crippen LogP contribution in [0.2, 0.25) is 0 Å². The minimum Gasteiger partial charge on any atom is -0.530 e. The Bertz CT molecular complexity index is 111. The van der Waals surface area contributed by atoms with E-state index in [1.165, 1.54) is 32.1 Å². The standard InChI is InChI=1S/C10H20P.Li/c1-10(2,3)11-9-7-5-4-6-8-9;/h9H,4-8H2,1-3H3;/q-1;+1. The average molecular weight is 178 g/mol. The topological polar surface area (TPSA) is 0 Å². The molecular formula is C10H20LiP. The monoisotopic (exact) mass is 178 g/mol. The van der Waals surface area contributed by atoms with Crippen molar-refractivity contribution in [3.05, 3.63) is 0 Å². The second-order valence-corrected chi connectivity index (χ2v) is 6.92. The maximum Gasteiger partial charge on any atom is 1.00 e. The van der Waals surface area contributed by atoms with Gasteiger partial charge in [-0.3, -0.25) is 0 Å². The minimum absolute atomic E-state index is 0. The van der Waals surface area contributed by atoms with E-state index in [1.807, 2.05) is 0 Å². The second kappa shape index (κ2) is 5.69. The molecule has 0 spiro atoms. The predicted molar refractivity (Wildman–Crippen MR) is 53.5 cm³/mol. The van der Waals surface area contributed by atoms with Crippen LogP contribution in [0.5, 0.6) is 0 Å². The van der Waals surface area contributed by atoms with E-state index in [9.17, 15) is 0 Å². The van der Waals surface area contributed by atoms with Gasteiger partial charge in [0.05, 0.1) is 0 Å². The average Bonchev–Trinajstić information content (AvgIpc) is 1.85. The van der Waals surface area contributed by atoms with Crippen molar-refractivity contribution in [2.24, 2.45) is 0 Å². The van der Waals surface area contributed by atoms with E-state index >= 15 is 0 Å². The molecule has 2 heteroatoms. The molecule has 0 aliphatic heterocycles. The molecule has 1 fully saturated rings. The van der Waals surface area contributed by atoms with Gasteiger partial charge in [0, 0.05) is 0 Å². The largest absolute Gasteiger partial charge is 1.00 e. The summed E-state index contributed by atoms with van der Waals surface area (Å²) in [4.78, 5) is 0. The summed E-state index contributed by atoms with van der Waals surface area (Å²) >= 11 is 0. The van der Waals surface area contributed by atoms with E-state index in [0.717, 1.165) is 5.66 Å². The molecule has 0 amide bonds. The van der Waals surface area contributed by atoms with Crippen LogP contribution in [0.1, 0.15) is 52.9 Å². The van der Waals surface area contributed by atoms with Crippen LogP contribution >= 0.6 is 8.58 Å². The Labute approximate surface area is 91.2 Å². The summed E-state index contributed by atoms with van der Waals surface area (Å²) in [6, 6.07) is 0. The molecule has 0 heterocycles. The summed E-state index contributed by atoms with van der Waals surface area (Å²) in [5.41, 5.74) is 1.02. The fraction of sp³-hybridized carbons (Fsp3) is 1.00. The SMILES string of the molecule is CC(C)(C)[P-]C1CCCCC1.[Li+]. The maximum atomic E-state index is 2.35.